The van der Waals surface area contributed by atoms with Gasteiger partial charge in [-0.1, -0.05) is 45.7 Å². The number of benzene rings is 1. The van der Waals surface area contributed by atoms with Crippen molar-refractivity contribution in [1.29, 1.82) is 0 Å². The Balaban J connectivity index is 0.000000509. The number of imide groups is 1. The summed E-state index contributed by atoms with van der Waals surface area (Å²) in [6.07, 6.45) is 1.25. The minimum absolute atomic E-state index is 0.205. The lowest BCUT2D eigenvalue weighted by molar-refractivity contribution is 0.0693. The lowest BCUT2D eigenvalue weighted by atomic mass is 10.1. The zero-order chi connectivity index (χ0) is 14.3. The maximum absolute atomic E-state index is 11.5. The third kappa shape index (κ3) is 3.42. The monoisotopic (exact) mass is 249 g/mol. The molecule has 100 valence electrons. The number of hydrogen-bond acceptors (Lipinski definition) is 2. The summed E-state index contributed by atoms with van der Waals surface area (Å²) in [5.74, 6) is -0.413. The normalized spacial score (nSPS) is 12.2. The Hall–Kier alpha value is -1.64. The van der Waals surface area contributed by atoms with Crippen LogP contribution in [0.15, 0.2) is 18.2 Å². The summed E-state index contributed by atoms with van der Waals surface area (Å²) >= 11 is 0. The third-order valence-electron chi connectivity index (χ3n) is 2.25. The fourth-order valence-corrected chi connectivity index (χ4v) is 1.48. The van der Waals surface area contributed by atoms with Crippen LogP contribution in [-0.2, 0) is 0 Å². The average Bonchev–Trinajstić information content (AvgIpc) is 2.58. The van der Waals surface area contributed by atoms with Crippen LogP contribution in [0.3, 0.4) is 0 Å². The van der Waals surface area contributed by atoms with Crippen molar-refractivity contribution in [3.05, 3.63) is 34.9 Å². The molecule has 2 rings (SSSR count). The summed E-state index contributed by atoms with van der Waals surface area (Å²) in [5.41, 5.74) is 2.03. The molecule has 0 bridgehead atoms. The van der Waals surface area contributed by atoms with E-state index in [0.717, 1.165) is 10.5 Å². The molecule has 1 aromatic rings. The number of aryl methyl sites for hydroxylation is 1. The molecule has 1 heterocycles. The Labute approximate surface area is 110 Å². The molecule has 0 aromatic heterocycles. The highest BCUT2D eigenvalue weighted by Crippen LogP contribution is 2.21. The molecule has 1 aliphatic rings. The quantitative estimate of drug-likeness (QED) is 0.658. The average molecular weight is 249 g/mol. The first-order valence-corrected chi connectivity index (χ1v) is 6.45. The van der Waals surface area contributed by atoms with E-state index >= 15 is 0 Å². The van der Waals surface area contributed by atoms with E-state index in [2.05, 4.69) is 13.8 Å². The number of amides is 2. The van der Waals surface area contributed by atoms with Crippen LogP contribution < -0.4 is 0 Å². The number of rotatable bonds is 0. The Bertz CT molecular complexity index is 425. The minimum Gasteiger partial charge on any atom is -0.277 e. The number of carbonyl (C=O) groups excluding carboxylic acids is 2. The van der Waals surface area contributed by atoms with E-state index in [9.17, 15) is 9.59 Å². The highest BCUT2D eigenvalue weighted by Gasteiger charge is 2.32. The van der Waals surface area contributed by atoms with E-state index in [1.54, 1.807) is 12.1 Å². The van der Waals surface area contributed by atoms with Crippen molar-refractivity contribution >= 4 is 11.8 Å². The lowest BCUT2D eigenvalue weighted by Gasteiger charge is -2.02. The molecule has 0 radical (unpaired) electrons. The van der Waals surface area contributed by atoms with Crippen LogP contribution in [0, 0.1) is 6.92 Å². The van der Waals surface area contributed by atoms with Gasteiger partial charge in [-0.15, -0.1) is 0 Å². The maximum atomic E-state index is 11.5. The maximum Gasteiger partial charge on any atom is 0.261 e. The predicted octanol–water partition coefficient (Wildman–Crippen LogP) is 3.66. The predicted molar refractivity (Wildman–Crippen MR) is 74.9 cm³/mol. The molecule has 0 unspecified atom stereocenters. The molecule has 0 saturated heterocycles. The van der Waals surface area contributed by atoms with Crippen molar-refractivity contribution in [2.45, 2.75) is 41.0 Å². The highest BCUT2D eigenvalue weighted by molar-refractivity contribution is 6.21. The molecule has 3 heteroatoms. The lowest BCUT2D eigenvalue weighted by Crippen LogP contribution is -2.24. The van der Waals surface area contributed by atoms with Crippen molar-refractivity contribution < 1.29 is 9.59 Å². The van der Waals surface area contributed by atoms with Gasteiger partial charge in [0, 0.05) is 7.05 Å². The molecule has 0 fully saturated rings. The second-order valence-electron chi connectivity index (χ2n) is 3.93. The number of fused-ring (bicyclic) bond motifs is 1. The fraction of sp³-hybridized carbons (Fsp3) is 0.467. The summed E-state index contributed by atoms with van der Waals surface area (Å²) in [7, 11) is 1.50. The Kier molecular flexibility index (Phi) is 6.94. The van der Waals surface area contributed by atoms with E-state index in [1.165, 1.54) is 13.5 Å². The molecule has 0 spiro atoms. The van der Waals surface area contributed by atoms with Gasteiger partial charge in [0.2, 0.25) is 0 Å². The Morgan fingerprint density at radius 1 is 1.00 bits per heavy atom. The second-order valence-corrected chi connectivity index (χ2v) is 3.93. The van der Waals surface area contributed by atoms with Crippen molar-refractivity contribution in [2.75, 3.05) is 7.05 Å². The van der Waals surface area contributed by atoms with Crippen molar-refractivity contribution in [3.8, 4) is 0 Å². The molecule has 0 aliphatic carbocycles. The summed E-state index contributed by atoms with van der Waals surface area (Å²) in [6.45, 7) is 10.1. The highest BCUT2D eigenvalue weighted by atomic mass is 16.2. The van der Waals surface area contributed by atoms with Crippen LogP contribution in [-0.4, -0.2) is 23.8 Å². The van der Waals surface area contributed by atoms with Crippen LogP contribution in [0.2, 0.25) is 0 Å². The van der Waals surface area contributed by atoms with E-state index < -0.39 is 0 Å². The number of carbonyl (C=O) groups is 2. The number of nitrogens with zero attached hydrogens (tertiary/aromatic N) is 1. The molecule has 1 aromatic carbocycles. The van der Waals surface area contributed by atoms with Crippen LogP contribution >= 0.6 is 0 Å². The molecule has 3 nitrogen and oxygen atoms in total. The Morgan fingerprint density at radius 2 is 1.44 bits per heavy atom. The zero-order valence-corrected chi connectivity index (χ0v) is 12.2. The van der Waals surface area contributed by atoms with Crippen molar-refractivity contribution in [2.24, 2.45) is 0 Å². The van der Waals surface area contributed by atoms with Gasteiger partial charge in [0.15, 0.2) is 0 Å². The smallest absolute Gasteiger partial charge is 0.261 e. The second kappa shape index (κ2) is 7.64. The van der Waals surface area contributed by atoms with Gasteiger partial charge in [0.1, 0.15) is 0 Å². The summed E-state index contributed by atoms with van der Waals surface area (Å²) in [5, 5.41) is 0. The third-order valence-corrected chi connectivity index (χ3v) is 2.25. The molecule has 0 N–H and O–H groups in total. The SMILES string of the molecule is CC.CCC.Cc1ccc2c(c1)C(=O)N(C)C2=O. The zero-order valence-electron chi connectivity index (χ0n) is 12.2. The van der Waals surface area contributed by atoms with Crippen molar-refractivity contribution in [3.63, 3.8) is 0 Å². The van der Waals surface area contributed by atoms with Crippen LogP contribution in [0.4, 0.5) is 0 Å². The molecular formula is C15H23NO2. The standard InChI is InChI=1S/C10H9NO2.C3H8.C2H6/c1-6-3-4-7-8(5-6)10(13)11(2)9(7)12;1-3-2;1-2/h3-5H,1-2H3;3H2,1-2H3;1-2H3. The first-order valence-electron chi connectivity index (χ1n) is 6.45. The van der Waals surface area contributed by atoms with Gasteiger partial charge in [-0.2, -0.15) is 0 Å². The van der Waals surface area contributed by atoms with Gasteiger partial charge >= 0.3 is 0 Å². The van der Waals surface area contributed by atoms with E-state index in [0.29, 0.717) is 11.1 Å². The first-order chi connectivity index (χ1) is 8.52. The van der Waals surface area contributed by atoms with Gasteiger partial charge in [0.25, 0.3) is 11.8 Å². The van der Waals surface area contributed by atoms with E-state index in [4.69, 9.17) is 0 Å². The molecular weight excluding hydrogens is 226 g/mol. The summed E-state index contributed by atoms with van der Waals surface area (Å²) < 4.78 is 0. The largest absolute Gasteiger partial charge is 0.277 e. The van der Waals surface area contributed by atoms with E-state index in [1.807, 2.05) is 26.8 Å². The van der Waals surface area contributed by atoms with Crippen LogP contribution in [0.25, 0.3) is 0 Å². The molecule has 0 atom stereocenters. The van der Waals surface area contributed by atoms with Crippen LogP contribution in [0.5, 0.6) is 0 Å². The Morgan fingerprint density at radius 3 is 1.94 bits per heavy atom. The summed E-state index contributed by atoms with van der Waals surface area (Å²) in [6, 6.07) is 5.29. The minimum atomic E-state index is -0.208. The number of hydrogen-bond donors (Lipinski definition) is 0. The molecule has 18 heavy (non-hydrogen) atoms. The fourth-order valence-electron chi connectivity index (χ4n) is 1.48. The molecule has 1 aliphatic heterocycles. The first kappa shape index (κ1) is 16.4. The molecule has 2 amide bonds. The van der Waals surface area contributed by atoms with Crippen molar-refractivity contribution in [1.82, 2.24) is 4.90 Å². The van der Waals surface area contributed by atoms with E-state index in [-0.39, 0.29) is 11.8 Å². The summed E-state index contributed by atoms with van der Waals surface area (Å²) in [4.78, 5) is 24.0. The van der Waals surface area contributed by atoms with Gasteiger partial charge in [-0.05, 0) is 19.1 Å². The van der Waals surface area contributed by atoms with Gasteiger partial charge in [-0.3, -0.25) is 14.5 Å². The topological polar surface area (TPSA) is 37.4 Å². The van der Waals surface area contributed by atoms with Crippen LogP contribution in [0.1, 0.15) is 60.4 Å². The van der Waals surface area contributed by atoms with Gasteiger partial charge < -0.3 is 0 Å². The van der Waals surface area contributed by atoms with Gasteiger partial charge in [-0.25, -0.2) is 0 Å². The van der Waals surface area contributed by atoms with Gasteiger partial charge in [0.05, 0.1) is 11.1 Å². The molecule has 0 saturated carbocycles.